The lowest BCUT2D eigenvalue weighted by atomic mass is 9.97. The number of sulfone groups is 1. The zero-order valence-electron chi connectivity index (χ0n) is 12.4. The molecule has 118 valence electrons. The van der Waals surface area contributed by atoms with Gasteiger partial charge < -0.3 is 9.84 Å². The van der Waals surface area contributed by atoms with Crippen molar-refractivity contribution in [2.75, 3.05) is 18.6 Å². The molecule has 0 amide bonds. The number of benzene rings is 1. The third-order valence-electron chi connectivity index (χ3n) is 3.28. The van der Waals surface area contributed by atoms with E-state index in [-0.39, 0.29) is 17.9 Å². The predicted octanol–water partition coefficient (Wildman–Crippen LogP) is 2.15. The molecule has 1 N–H and O–H groups in total. The number of ether oxygens (including phenoxy) is 1. The van der Waals surface area contributed by atoms with E-state index in [1.807, 2.05) is 0 Å². The summed E-state index contributed by atoms with van der Waals surface area (Å²) in [7, 11) is -1.58. The van der Waals surface area contributed by atoms with Crippen LogP contribution in [0.2, 0.25) is 0 Å². The van der Waals surface area contributed by atoms with Gasteiger partial charge in [0.15, 0.2) is 0 Å². The lowest BCUT2D eigenvalue weighted by Crippen LogP contribution is -2.21. The fraction of sp³-hybridized carbons (Fsp3) is 0.533. The van der Waals surface area contributed by atoms with Crippen molar-refractivity contribution in [2.45, 2.75) is 26.2 Å². The summed E-state index contributed by atoms with van der Waals surface area (Å²) in [6.45, 7) is 1.80. The second kappa shape index (κ2) is 8.02. The van der Waals surface area contributed by atoms with E-state index in [9.17, 15) is 18.3 Å². The number of rotatable bonds is 9. The topological polar surface area (TPSA) is 80.7 Å². The quantitative estimate of drug-likeness (QED) is 0.755. The summed E-state index contributed by atoms with van der Waals surface area (Å²) in [5.74, 6) is -0.908. The molecule has 0 aliphatic heterocycles. The van der Waals surface area contributed by atoms with Gasteiger partial charge in [-0.2, -0.15) is 0 Å². The number of carbonyl (C=O) groups is 1. The molecule has 0 fully saturated rings. The SMILES string of the molecule is CCCS(=O)(=O)CCC(Cc1ccc(OC)cc1)C(=O)O. The van der Waals surface area contributed by atoms with E-state index in [0.717, 1.165) is 5.56 Å². The maximum Gasteiger partial charge on any atom is 0.306 e. The molecule has 0 aromatic heterocycles. The minimum atomic E-state index is -3.15. The molecular formula is C15H22O5S. The molecular weight excluding hydrogens is 292 g/mol. The Balaban J connectivity index is 2.67. The molecule has 0 aliphatic carbocycles. The van der Waals surface area contributed by atoms with Gasteiger partial charge in [-0.15, -0.1) is 0 Å². The van der Waals surface area contributed by atoms with Gasteiger partial charge in [-0.1, -0.05) is 19.1 Å². The van der Waals surface area contributed by atoms with Crippen molar-refractivity contribution in [3.63, 3.8) is 0 Å². The van der Waals surface area contributed by atoms with E-state index < -0.39 is 21.7 Å². The molecule has 0 heterocycles. The van der Waals surface area contributed by atoms with Crippen LogP contribution in [-0.2, 0) is 21.1 Å². The maximum atomic E-state index is 11.7. The molecule has 1 unspecified atom stereocenters. The third-order valence-corrected chi connectivity index (χ3v) is 5.17. The van der Waals surface area contributed by atoms with Crippen LogP contribution in [0.25, 0.3) is 0 Å². The van der Waals surface area contributed by atoms with Crippen molar-refractivity contribution in [2.24, 2.45) is 5.92 Å². The number of aliphatic carboxylic acids is 1. The van der Waals surface area contributed by atoms with Crippen molar-refractivity contribution < 1.29 is 23.1 Å². The minimum absolute atomic E-state index is 0.0754. The molecule has 1 rings (SSSR count). The van der Waals surface area contributed by atoms with Crippen LogP contribution in [0, 0.1) is 5.92 Å². The van der Waals surface area contributed by atoms with E-state index >= 15 is 0 Å². The smallest absolute Gasteiger partial charge is 0.306 e. The largest absolute Gasteiger partial charge is 0.497 e. The van der Waals surface area contributed by atoms with Crippen molar-refractivity contribution in [3.8, 4) is 5.75 Å². The molecule has 0 aliphatic rings. The Bertz CT molecular complexity index is 548. The van der Waals surface area contributed by atoms with Crippen molar-refractivity contribution >= 4 is 15.8 Å². The Hall–Kier alpha value is -1.56. The first-order chi connectivity index (χ1) is 9.88. The van der Waals surface area contributed by atoms with Crippen LogP contribution in [-0.4, -0.2) is 38.1 Å². The molecule has 1 aromatic carbocycles. The average molecular weight is 314 g/mol. The summed E-state index contributed by atoms with van der Waals surface area (Å²) in [4.78, 5) is 11.3. The number of methoxy groups -OCH3 is 1. The second-order valence-electron chi connectivity index (χ2n) is 5.03. The first kappa shape index (κ1) is 17.5. The van der Waals surface area contributed by atoms with E-state index in [1.54, 1.807) is 38.3 Å². The second-order valence-corrected chi connectivity index (χ2v) is 7.33. The maximum absolute atomic E-state index is 11.7. The van der Waals surface area contributed by atoms with Gasteiger partial charge in [0.05, 0.1) is 18.8 Å². The summed E-state index contributed by atoms with van der Waals surface area (Å²) >= 11 is 0. The van der Waals surface area contributed by atoms with Gasteiger partial charge in [-0.05, 0) is 37.0 Å². The molecule has 0 spiro atoms. The van der Waals surface area contributed by atoms with E-state index in [4.69, 9.17) is 4.74 Å². The molecule has 1 aromatic rings. The van der Waals surface area contributed by atoms with Crippen molar-refractivity contribution in [3.05, 3.63) is 29.8 Å². The highest BCUT2D eigenvalue weighted by molar-refractivity contribution is 7.91. The Morgan fingerprint density at radius 1 is 1.24 bits per heavy atom. The number of carboxylic acids is 1. The molecule has 1 atom stereocenters. The highest BCUT2D eigenvalue weighted by Crippen LogP contribution is 2.17. The molecule has 5 nitrogen and oxygen atoms in total. The first-order valence-corrected chi connectivity index (χ1v) is 8.76. The van der Waals surface area contributed by atoms with Gasteiger partial charge >= 0.3 is 5.97 Å². The molecule has 0 saturated heterocycles. The Kier molecular flexibility index (Phi) is 6.68. The van der Waals surface area contributed by atoms with Gasteiger partial charge in [-0.25, -0.2) is 8.42 Å². The standard InChI is InChI=1S/C15H22O5S/c1-3-9-21(18,19)10-8-13(15(16)17)11-12-4-6-14(20-2)7-5-12/h4-7,13H,3,8-11H2,1-2H3,(H,16,17). The number of hydrogen-bond donors (Lipinski definition) is 1. The predicted molar refractivity (Wildman–Crippen MR) is 81.4 cm³/mol. The normalized spacial score (nSPS) is 12.9. The minimum Gasteiger partial charge on any atom is -0.497 e. The Morgan fingerprint density at radius 2 is 1.86 bits per heavy atom. The number of carboxylic acid groups (broad SMARTS) is 1. The summed E-state index contributed by atoms with van der Waals surface area (Å²) in [5.41, 5.74) is 0.857. The van der Waals surface area contributed by atoms with Crippen LogP contribution in [0.15, 0.2) is 24.3 Å². The van der Waals surface area contributed by atoms with Gasteiger partial charge in [0.2, 0.25) is 0 Å². The lowest BCUT2D eigenvalue weighted by molar-refractivity contribution is -0.141. The molecule has 0 bridgehead atoms. The lowest BCUT2D eigenvalue weighted by Gasteiger charge is -2.13. The van der Waals surface area contributed by atoms with Crippen molar-refractivity contribution in [1.82, 2.24) is 0 Å². The highest BCUT2D eigenvalue weighted by Gasteiger charge is 2.21. The Labute approximate surface area is 125 Å². The zero-order valence-corrected chi connectivity index (χ0v) is 13.2. The van der Waals surface area contributed by atoms with Crippen LogP contribution >= 0.6 is 0 Å². The van der Waals surface area contributed by atoms with E-state index in [2.05, 4.69) is 0 Å². The van der Waals surface area contributed by atoms with Crippen LogP contribution in [0.1, 0.15) is 25.3 Å². The molecule has 6 heteroatoms. The first-order valence-electron chi connectivity index (χ1n) is 6.94. The fourth-order valence-corrected chi connectivity index (χ4v) is 3.56. The molecule has 0 saturated carbocycles. The summed E-state index contributed by atoms with van der Waals surface area (Å²) in [5, 5.41) is 9.24. The summed E-state index contributed by atoms with van der Waals surface area (Å²) < 4.78 is 28.4. The van der Waals surface area contributed by atoms with Crippen LogP contribution in [0.3, 0.4) is 0 Å². The summed E-state index contributed by atoms with van der Waals surface area (Å²) in [6, 6.07) is 7.13. The Morgan fingerprint density at radius 3 is 2.33 bits per heavy atom. The molecule has 21 heavy (non-hydrogen) atoms. The van der Waals surface area contributed by atoms with Gasteiger partial charge in [0, 0.05) is 5.75 Å². The monoisotopic (exact) mass is 314 g/mol. The van der Waals surface area contributed by atoms with Crippen molar-refractivity contribution in [1.29, 1.82) is 0 Å². The summed E-state index contributed by atoms with van der Waals surface area (Å²) in [6.07, 6.45) is 1.02. The van der Waals surface area contributed by atoms with Gasteiger partial charge in [0.1, 0.15) is 15.6 Å². The third kappa shape index (κ3) is 6.16. The zero-order chi connectivity index (χ0) is 15.9. The van der Waals surface area contributed by atoms with Gasteiger partial charge in [-0.3, -0.25) is 4.79 Å². The van der Waals surface area contributed by atoms with E-state index in [0.29, 0.717) is 18.6 Å². The fourth-order valence-electron chi connectivity index (χ4n) is 2.09. The average Bonchev–Trinajstić information content (AvgIpc) is 2.43. The molecule has 0 radical (unpaired) electrons. The highest BCUT2D eigenvalue weighted by atomic mass is 32.2. The number of hydrogen-bond acceptors (Lipinski definition) is 4. The van der Waals surface area contributed by atoms with E-state index in [1.165, 1.54) is 0 Å². The van der Waals surface area contributed by atoms with Crippen LogP contribution in [0.4, 0.5) is 0 Å². The van der Waals surface area contributed by atoms with Crippen LogP contribution < -0.4 is 4.74 Å². The van der Waals surface area contributed by atoms with Gasteiger partial charge in [0.25, 0.3) is 0 Å². The van der Waals surface area contributed by atoms with Crippen LogP contribution in [0.5, 0.6) is 5.75 Å².